The number of carbonyl (C=O) groups excluding carboxylic acids is 3. The largest absolute Gasteiger partial charge is 0.490 e. The number of benzene rings is 2. The lowest BCUT2D eigenvalue weighted by Crippen LogP contribution is -2.54. The molecule has 1 heterocycles. The van der Waals surface area contributed by atoms with Gasteiger partial charge in [-0.1, -0.05) is 30.3 Å². The Kier molecular flexibility index (Phi) is 5.03. The van der Waals surface area contributed by atoms with Crippen molar-refractivity contribution in [3.63, 3.8) is 0 Å². The van der Waals surface area contributed by atoms with E-state index in [9.17, 15) is 18.8 Å². The molecule has 0 unspecified atom stereocenters. The monoisotopic (exact) mass is 368 g/mol. The van der Waals surface area contributed by atoms with E-state index >= 15 is 0 Å². The summed E-state index contributed by atoms with van der Waals surface area (Å²) >= 11 is 0. The molecule has 3 rings (SSSR count). The smallest absolute Gasteiger partial charge is 0.336 e. The Morgan fingerprint density at radius 1 is 1.04 bits per heavy atom. The molecule has 4 amide bonds. The van der Waals surface area contributed by atoms with Crippen LogP contribution in [0.2, 0.25) is 0 Å². The van der Waals surface area contributed by atoms with E-state index < -0.39 is 23.7 Å². The van der Waals surface area contributed by atoms with Crippen LogP contribution in [0.1, 0.15) is 19.4 Å². The Bertz CT molecular complexity index is 953. The standard InChI is InChI=1S/C20H17FN2O4/c1-12(2)27-17-10-6-3-7-13(17)11-14-18(24)22-20(26)23(19(14)25)16-9-5-4-8-15(16)21/h3-12H,1-2H3,(H,22,24,26)/b14-11-. The number of barbiturate groups is 1. The minimum atomic E-state index is -1.00. The van der Waals surface area contributed by atoms with Crippen molar-refractivity contribution in [2.45, 2.75) is 20.0 Å². The van der Waals surface area contributed by atoms with E-state index in [2.05, 4.69) is 5.32 Å². The number of amides is 4. The maximum atomic E-state index is 14.1. The summed E-state index contributed by atoms with van der Waals surface area (Å²) in [7, 11) is 0. The number of hydrogen-bond acceptors (Lipinski definition) is 4. The Morgan fingerprint density at radius 3 is 2.41 bits per heavy atom. The molecule has 2 aromatic rings. The molecule has 2 aromatic carbocycles. The summed E-state index contributed by atoms with van der Waals surface area (Å²) in [6, 6.07) is 11.2. The van der Waals surface area contributed by atoms with Gasteiger partial charge in [0, 0.05) is 5.56 Å². The molecule has 1 fully saturated rings. The van der Waals surface area contributed by atoms with Crippen LogP contribution in [0.4, 0.5) is 14.9 Å². The molecule has 0 spiro atoms. The zero-order valence-corrected chi connectivity index (χ0v) is 14.7. The van der Waals surface area contributed by atoms with Gasteiger partial charge in [0.05, 0.1) is 11.8 Å². The lowest BCUT2D eigenvalue weighted by molar-refractivity contribution is -0.122. The number of imide groups is 2. The Hall–Kier alpha value is -3.48. The van der Waals surface area contributed by atoms with Crippen LogP contribution >= 0.6 is 0 Å². The summed E-state index contributed by atoms with van der Waals surface area (Å²) in [5.74, 6) is -2.03. The van der Waals surface area contributed by atoms with Crippen molar-refractivity contribution >= 4 is 29.6 Å². The van der Waals surface area contributed by atoms with Gasteiger partial charge in [-0.05, 0) is 38.1 Å². The second-order valence-corrected chi connectivity index (χ2v) is 6.11. The summed E-state index contributed by atoms with van der Waals surface area (Å²) in [6.45, 7) is 3.70. The quantitative estimate of drug-likeness (QED) is 0.664. The van der Waals surface area contributed by atoms with E-state index in [4.69, 9.17) is 4.74 Å². The Morgan fingerprint density at radius 2 is 1.70 bits per heavy atom. The van der Waals surface area contributed by atoms with Gasteiger partial charge in [-0.15, -0.1) is 0 Å². The Balaban J connectivity index is 2.04. The molecule has 0 bridgehead atoms. The van der Waals surface area contributed by atoms with Crippen LogP contribution in [0.25, 0.3) is 6.08 Å². The van der Waals surface area contributed by atoms with E-state index in [0.717, 1.165) is 6.07 Å². The molecule has 1 aliphatic rings. The van der Waals surface area contributed by atoms with Crippen LogP contribution < -0.4 is 15.0 Å². The van der Waals surface area contributed by atoms with Crippen LogP contribution in [-0.2, 0) is 9.59 Å². The molecule has 27 heavy (non-hydrogen) atoms. The molecule has 1 N–H and O–H groups in total. The second-order valence-electron chi connectivity index (χ2n) is 6.11. The highest BCUT2D eigenvalue weighted by molar-refractivity contribution is 6.39. The maximum absolute atomic E-state index is 14.1. The first-order chi connectivity index (χ1) is 12.9. The number of carbonyl (C=O) groups is 3. The van der Waals surface area contributed by atoms with Crippen molar-refractivity contribution in [1.82, 2.24) is 5.32 Å². The summed E-state index contributed by atoms with van der Waals surface area (Å²) in [5.41, 5.74) is -0.0321. The topological polar surface area (TPSA) is 75.7 Å². The van der Waals surface area contributed by atoms with Gasteiger partial charge in [0.15, 0.2) is 0 Å². The molecule has 0 aromatic heterocycles. The third-order valence-electron chi connectivity index (χ3n) is 3.78. The lowest BCUT2D eigenvalue weighted by Gasteiger charge is -2.26. The first-order valence-corrected chi connectivity index (χ1v) is 8.30. The van der Waals surface area contributed by atoms with Crippen LogP contribution in [0, 0.1) is 5.82 Å². The van der Waals surface area contributed by atoms with Gasteiger partial charge in [0.25, 0.3) is 11.8 Å². The number of nitrogens with zero attached hydrogens (tertiary/aromatic N) is 1. The number of urea groups is 1. The number of anilines is 1. The average molecular weight is 368 g/mol. The second kappa shape index (κ2) is 7.41. The van der Waals surface area contributed by atoms with Gasteiger partial charge >= 0.3 is 6.03 Å². The Labute approximate surface area is 155 Å². The molecule has 138 valence electrons. The van der Waals surface area contributed by atoms with Gasteiger partial charge in [-0.3, -0.25) is 14.9 Å². The van der Waals surface area contributed by atoms with Crippen LogP contribution in [0.5, 0.6) is 5.75 Å². The zero-order valence-electron chi connectivity index (χ0n) is 14.7. The van der Waals surface area contributed by atoms with Crippen LogP contribution in [0.15, 0.2) is 54.1 Å². The van der Waals surface area contributed by atoms with Crippen molar-refractivity contribution in [2.75, 3.05) is 4.90 Å². The number of ether oxygens (including phenoxy) is 1. The van der Waals surface area contributed by atoms with Gasteiger partial charge in [0.1, 0.15) is 17.1 Å². The van der Waals surface area contributed by atoms with E-state index in [1.54, 1.807) is 24.3 Å². The van der Waals surface area contributed by atoms with E-state index in [0.29, 0.717) is 16.2 Å². The van der Waals surface area contributed by atoms with Crippen molar-refractivity contribution in [2.24, 2.45) is 0 Å². The fourth-order valence-corrected chi connectivity index (χ4v) is 2.63. The molecule has 0 saturated carbocycles. The van der Waals surface area contributed by atoms with Crippen LogP contribution in [0.3, 0.4) is 0 Å². The number of rotatable bonds is 4. The molecule has 0 aliphatic carbocycles. The van der Waals surface area contributed by atoms with Crippen molar-refractivity contribution in [1.29, 1.82) is 0 Å². The average Bonchev–Trinajstić information content (AvgIpc) is 2.61. The number of hydrogen-bond donors (Lipinski definition) is 1. The van der Waals surface area contributed by atoms with E-state index in [-0.39, 0.29) is 17.4 Å². The summed E-state index contributed by atoms with van der Waals surface area (Å²) in [5, 5.41) is 2.07. The minimum Gasteiger partial charge on any atom is -0.490 e. The molecule has 1 aliphatic heterocycles. The predicted molar refractivity (Wildman–Crippen MR) is 97.6 cm³/mol. The first kappa shape index (κ1) is 18.3. The van der Waals surface area contributed by atoms with Crippen molar-refractivity contribution in [3.8, 4) is 5.75 Å². The van der Waals surface area contributed by atoms with Gasteiger partial charge < -0.3 is 4.74 Å². The molecule has 6 nitrogen and oxygen atoms in total. The van der Waals surface area contributed by atoms with Crippen LogP contribution in [-0.4, -0.2) is 23.9 Å². The third-order valence-corrected chi connectivity index (χ3v) is 3.78. The zero-order chi connectivity index (χ0) is 19.6. The SMILES string of the molecule is CC(C)Oc1ccccc1/C=C1/C(=O)NC(=O)N(c2ccccc2F)C1=O. The van der Waals surface area contributed by atoms with Gasteiger partial charge in [0.2, 0.25) is 0 Å². The van der Waals surface area contributed by atoms with E-state index in [1.165, 1.54) is 24.3 Å². The van der Waals surface area contributed by atoms with E-state index in [1.807, 2.05) is 13.8 Å². The van der Waals surface area contributed by atoms with Crippen molar-refractivity contribution in [3.05, 3.63) is 65.5 Å². The lowest BCUT2D eigenvalue weighted by atomic mass is 10.1. The summed E-state index contributed by atoms with van der Waals surface area (Å²) < 4.78 is 19.8. The summed E-state index contributed by atoms with van der Waals surface area (Å²) in [4.78, 5) is 37.8. The molecular weight excluding hydrogens is 351 g/mol. The molecule has 7 heteroatoms. The molecule has 0 radical (unpaired) electrons. The number of para-hydroxylation sites is 2. The van der Waals surface area contributed by atoms with Gasteiger partial charge in [-0.2, -0.15) is 0 Å². The number of nitrogens with one attached hydrogen (secondary N) is 1. The minimum absolute atomic E-state index is 0.114. The predicted octanol–water partition coefficient (Wildman–Crippen LogP) is 3.28. The normalized spacial score (nSPS) is 16.1. The first-order valence-electron chi connectivity index (χ1n) is 8.30. The summed E-state index contributed by atoms with van der Waals surface area (Å²) in [6.07, 6.45) is 1.22. The maximum Gasteiger partial charge on any atom is 0.336 e. The van der Waals surface area contributed by atoms with Gasteiger partial charge in [-0.25, -0.2) is 14.1 Å². The fourth-order valence-electron chi connectivity index (χ4n) is 2.63. The number of halogens is 1. The van der Waals surface area contributed by atoms with Crippen molar-refractivity contribution < 1.29 is 23.5 Å². The fraction of sp³-hybridized carbons (Fsp3) is 0.150. The highest BCUT2D eigenvalue weighted by Gasteiger charge is 2.38. The highest BCUT2D eigenvalue weighted by Crippen LogP contribution is 2.27. The molecule has 1 saturated heterocycles. The third kappa shape index (κ3) is 3.72. The molecular formula is C20H17FN2O4. The highest BCUT2D eigenvalue weighted by atomic mass is 19.1. The molecule has 0 atom stereocenters.